The summed E-state index contributed by atoms with van der Waals surface area (Å²) < 4.78 is 6.11. The first-order valence-electron chi connectivity index (χ1n) is 5.99. The molecule has 0 amide bonds. The molecule has 2 rings (SSSR count). The van der Waals surface area contributed by atoms with Gasteiger partial charge < -0.3 is 10.5 Å². The fraction of sp³-hybridized carbons (Fsp3) is 0.667. The lowest BCUT2D eigenvalue weighted by Gasteiger charge is -2.16. The lowest BCUT2D eigenvalue weighted by molar-refractivity contribution is 0.112. The number of halogens is 1. The second-order valence-electron chi connectivity index (χ2n) is 4.53. The zero-order chi connectivity index (χ0) is 12.4. The van der Waals surface area contributed by atoms with Crippen LogP contribution >= 0.6 is 15.9 Å². The Morgan fingerprint density at radius 2 is 2.00 bits per heavy atom. The van der Waals surface area contributed by atoms with Gasteiger partial charge in [-0.05, 0) is 35.7 Å². The third-order valence-electron chi connectivity index (χ3n) is 3.38. The van der Waals surface area contributed by atoms with E-state index in [0.29, 0.717) is 17.6 Å². The number of rotatable bonds is 3. The number of nitrogens with two attached hydrogens (primary N) is 1. The van der Waals surface area contributed by atoms with Crippen LogP contribution in [0.1, 0.15) is 56.1 Å². The van der Waals surface area contributed by atoms with Crippen molar-refractivity contribution >= 4 is 21.7 Å². The number of hydrogen-bond acceptors (Lipinski definition) is 4. The van der Waals surface area contributed by atoms with E-state index in [4.69, 9.17) is 10.5 Å². The molecule has 0 saturated heterocycles. The smallest absolute Gasteiger partial charge is 0.159 e. The lowest BCUT2D eigenvalue weighted by Crippen LogP contribution is -2.11. The second kappa shape index (κ2) is 5.31. The molecule has 0 radical (unpaired) electrons. The van der Waals surface area contributed by atoms with Crippen molar-refractivity contribution in [2.24, 2.45) is 0 Å². The van der Waals surface area contributed by atoms with E-state index in [1.54, 1.807) is 7.11 Å². The standard InChI is InChI=1S/C12H18BrN3O/c1-7(17-2)12-15-10(8-5-3-4-6-8)9(13)11(14)16-12/h7-8H,3-6H2,1-2H3,(H2,14,15,16). The van der Waals surface area contributed by atoms with Gasteiger partial charge in [-0.2, -0.15) is 0 Å². The van der Waals surface area contributed by atoms with Crippen LogP contribution in [0.25, 0.3) is 0 Å². The van der Waals surface area contributed by atoms with Gasteiger partial charge in [-0.1, -0.05) is 12.8 Å². The summed E-state index contributed by atoms with van der Waals surface area (Å²) in [5, 5.41) is 0. The first kappa shape index (κ1) is 12.8. The fourth-order valence-electron chi connectivity index (χ4n) is 2.26. The molecule has 0 aliphatic heterocycles. The minimum atomic E-state index is -0.120. The molecule has 1 saturated carbocycles. The molecular formula is C12H18BrN3O. The molecule has 1 aliphatic rings. The number of methoxy groups -OCH3 is 1. The van der Waals surface area contributed by atoms with Gasteiger partial charge >= 0.3 is 0 Å². The molecule has 1 aliphatic carbocycles. The Bertz CT molecular complexity index is 405. The van der Waals surface area contributed by atoms with Gasteiger partial charge in [0.25, 0.3) is 0 Å². The topological polar surface area (TPSA) is 61.0 Å². The molecule has 4 nitrogen and oxygen atoms in total. The van der Waals surface area contributed by atoms with Crippen molar-refractivity contribution in [3.05, 3.63) is 16.0 Å². The maximum Gasteiger partial charge on any atom is 0.159 e. The molecule has 1 unspecified atom stereocenters. The summed E-state index contributed by atoms with van der Waals surface area (Å²) in [5.74, 6) is 1.70. The molecule has 1 fully saturated rings. The maximum atomic E-state index is 5.93. The molecule has 1 heterocycles. The van der Waals surface area contributed by atoms with Crippen LogP contribution in [-0.4, -0.2) is 17.1 Å². The lowest BCUT2D eigenvalue weighted by atomic mass is 10.0. The molecule has 94 valence electrons. The molecule has 0 bridgehead atoms. The van der Waals surface area contributed by atoms with Crippen molar-refractivity contribution in [2.45, 2.75) is 44.6 Å². The molecule has 1 aromatic heterocycles. The normalized spacial score (nSPS) is 18.5. The van der Waals surface area contributed by atoms with Gasteiger partial charge in [-0.25, -0.2) is 9.97 Å². The first-order chi connectivity index (χ1) is 8.13. The van der Waals surface area contributed by atoms with Gasteiger partial charge in [-0.3, -0.25) is 0 Å². The Morgan fingerprint density at radius 3 is 2.59 bits per heavy atom. The van der Waals surface area contributed by atoms with Crippen LogP contribution < -0.4 is 5.73 Å². The zero-order valence-electron chi connectivity index (χ0n) is 10.2. The van der Waals surface area contributed by atoms with Crippen molar-refractivity contribution < 1.29 is 4.74 Å². The largest absolute Gasteiger partial charge is 0.383 e. The number of hydrogen-bond donors (Lipinski definition) is 1. The molecule has 17 heavy (non-hydrogen) atoms. The highest BCUT2D eigenvalue weighted by Crippen LogP contribution is 2.38. The molecule has 0 aromatic carbocycles. The highest BCUT2D eigenvalue weighted by atomic mass is 79.9. The van der Waals surface area contributed by atoms with Gasteiger partial charge in [0.2, 0.25) is 0 Å². The second-order valence-corrected chi connectivity index (χ2v) is 5.32. The summed E-state index contributed by atoms with van der Waals surface area (Å²) in [7, 11) is 1.65. The van der Waals surface area contributed by atoms with Crippen LogP contribution in [0.3, 0.4) is 0 Å². The summed E-state index contributed by atoms with van der Waals surface area (Å²) in [6.07, 6.45) is 4.81. The van der Waals surface area contributed by atoms with E-state index in [1.165, 1.54) is 25.7 Å². The highest BCUT2D eigenvalue weighted by Gasteiger charge is 2.24. The van der Waals surface area contributed by atoms with Crippen molar-refractivity contribution in [1.29, 1.82) is 0 Å². The van der Waals surface area contributed by atoms with Crippen LogP contribution in [0.5, 0.6) is 0 Å². The van der Waals surface area contributed by atoms with Crippen molar-refractivity contribution in [1.82, 2.24) is 9.97 Å². The van der Waals surface area contributed by atoms with Gasteiger partial charge in [0.1, 0.15) is 11.9 Å². The average Bonchev–Trinajstić information content (AvgIpc) is 2.85. The summed E-state index contributed by atoms with van der Waals surface area (Å²) in [6, 6.07) is 0. The third kappa shape index (κ3) is 2.60. The fourth-order valence-corrected chi connectivity index (χ4v) is 2.76. The van der Waals surface area contributed by atoms with Gasteiger partial charge in [-0.15, -0.1) is 0 Å². The minimum absolute atomic E-state index is 0.120. The summed E-state index contributed by atoms with van der Waals surface area (Å²) in [4.78, 5) is 8.89. The molecule has 0 spiro atoms. The van der Waals surface area contributed by atoms with Crippen LogP contribution in [0.4, 0.5) is 5.82 Å². The van der Waals surface area contributed by atoms with E-state index in [0.717, 1.165) is 10.2 Å². The summed E-state index contributed by atoms with van der Waals surface area (Å²) >= 11 is 3.50. The Morgan fingerprint density at radius 1 is 1.35 bits per heavy atom. The summed E-state index contributed by atoms with van der Waals surface area (Å²) in [5.41, 5.74) is 6.98. The molecule has 1 aromatic rings. The highest BCUT2D eigenvalue weighted by molar-refractivity contribution is 9.10. The Balaban J connectivity index is 2.38. The van der Waals surface area contributed by atoms with Gasteiger partial charge in [0, 0.05) is 13.0 Å². The zero-order valence-corrected chi connectivity index (χ0v) is 11.8. The predicted octanol–water partition coefficient (Wildman–Crippen LogP) is 3.19. The van der Waals surface area contributed by atoms with Gasteiger partial charge in [0.05, 0.1) is 10.2 Å². The number of anilines is 1. The van der Waals surface area contributed by atoms with Crippen molar-refractivity contribution in [3.63, 3.8) is 0 Å². The molecule has 5 heteroatoms. The van der Waals surface area contributed by atoms with E-state index in [9.17, 15) is 0 Å². The number of nitrogens with zero attached hydrogens (tertiary/aromatic N) is 2. The number of ether oxygens (including phenoxy) is 1. The molecule has 1 atom stereocenters. The van der Waals surface area contributed by atoms with E-state index in [-0.39, 0.29) is 6.10 Å². The monoisotopic (exact) mass is 299 g/mol. The Labute approximate surface area is 110 Å². The van der Waals surface area contributed by atoms with E-state index in [1.807, 2.05) is 6.92 Å². The van der Waals surface area contributed by atoms with Crippen molar-refractivity contribution in [2.75, 3.05) is 12.8 Å². The predicted molar refractivity (Wildman–Crippen MR) is 70.8 cm³/mol. The molecular weight excluding hydrogens is 282 g/mol. The van der Waals surface area contributed by atoms with Gasteiger partial charge in [0.15, 0.2) is 5.82 Å². The van der Waals surface area contributed by atoms with E-state index >= 15 is 0 Å². The maximum absolute atomic E-state index is 5.93. The Hall–Kier alpha value is -0.680. The van der Waals surface area contributed by atoms with E-state index < -0.39 is 0 Å². The van der Waals surface area contributed by atoms with Crippen LogP contribution in [0.15, 0.2) is 4.47 Å². The summed E-state index contributed by atoms with van der Waals surface area (Å²) in [6.45, 7) is 1.93. The average molecular weight is 300 g/mol. The van der Waals surface area contributed by atoms with E-state index in [2.05, 4.69) is 25.9 Å². The first-order valence-corrected chi connectivity index (χ1v) is 6.78. The van der Waals surface area contributed by atoms with Crippen LogP contribution in [0.2, 0.25) is 0 Å². The minimum Gasteiger partial charge on any atom is -0.383 e. The quantitative estimate of drug-likeness (QED) is 0.931. The number of aromatic nitrogens is 2. The Kier molecular flexibility index (Phi) is 3.99. The van der Waals surface area contributed by atoms with Crippen LogP contribution in [0, 0.1) is 0 Å². The van der Waals surface area contributed by atoms with Crippen LogP contribution in [-0.2, 0) is 4.74 Å². The third-order valence-corrected chi connectivity index (χ3v) is 4.19. The number of nitrogen functional groups attached to an aromatic ring is 1. The molecule has 2 N–H and O–H groups in total. The SMILES string of the molecule is COC(C)c1nc(N)c(Br)c(C2CCCC2)n1. The van der Waals surface area contributed by atoms with Crippen molar-refractivity contribution in [3.8, 4) is 0 Å².